The number of nitrogens with one attached hydrogen (secondary N) is 1. The molecule has 0 spiro atoms. The van der Waals surface area contributed by atoms with Crippen LogP contribution in [0.2, 0.25) is 0 Å². The molecule has 2 unspecified atom stereocenters. The number of aromatic amines is 1. The summed E-state index contributed by atoms with van der Waals surface area (Å²) in [4.78, 5) is 16.4. The lowest BCUT2D eigenvalue weighted by atomic mass is 10.1. The Hall–Kier alpha value is -1.36. The van der Waals surface area contributed by atoms with E-state index >= 15 is 0 Å². The maximum atomic E-state index is 12.3. The van der Waals surface area contributed by atoms with E-state index in [9.17, 15) is 4.79 Å². The van der Waals surface area contributed by atoms with Gasteiger partial charge in [0.2, 0.25) is 0 Å². The molecule has 0 aliphatic carbocycles. The minimum atomic E-state index is 0.0902. The topological polar surface area (TPSA) is 52.2 Å². The number of hydrogen-bond acceptors (Lipinski definition) is 3. The van der Waals surface area contributed by atoms with E-state index in [2.05, 4.69) is 36.1 Å². The number of likely N-dealkylation sites (N-methyl/N-ethyl adjacent to an activating group) is 1. The Labute approximate surface area is 102 Å². The van der Waals surface area contributed by atoms with Gasteiger partial charge in [-0.2, -0.15) is 5.10 Å². The summed E-state index contributed by atoms with van der Waals surface area (Å²) in [7, 11) is 4.14. The number of nitrogens with zero attached hydrogens (tertiary/aromatic N) is 3. The van der Waals surface area contributed by atoms with Crippen LogP contribution in [0.1, 0.15) is 23.0 Å². The van der Waals surface area contributed by atoms with E-state index in [1.165, 1.54) is 0 Å². The van der Waals surface area contributed by atoms with E-state index in [4.69, 9.17) is 0 Å². The predicted octanol–water partition coefficient (Wildman–Crippen LogP) is 0.740. The van der Waals surface area contributed by atoms with Gasteiger partial charge in [-0.25, -0.2) is 0 Å². The molecule has 1 aromatic heterocycles. The third kappa shape index (κ3) is 2.20. The lowest BCUT2D eigenvalue weighted by molar-refractivity contribution is 0.0781. The van der Waals surface area contributed by atoms with Gasteiger partial charge in [0.15, 0.2) is 0 Å². The lowest BCUT2D eigenvalue weighted by Crippen LogP contribution is -2.35. The maximum absolute atomic E-state index is 12.3. The molecule has 1 saturated heterocycles. The number of rotatable bonds is 2. The van der Waals surface area contributed by atoms with Crippen LogP contribution < -0.4 is 0 Å². The van der Waals surface area contributed by atoms with Crippen LogP contribution in [0, 0.1) is 12.8 Å². The van der Waals surface area contributed by atoms with Crippen molar-refractivity contribution in [3.8, 4) is 0 Å². The Bertz CT molecular complexity index is 412. The molecule has 2 atom stereocenters. The quantitative estimate of drug-likeness (QED) is 0.824. The van der Waals surface area contributed by atoms with E-state index in [1.807, 2.05) is 11.8 Å². The van der Waals surface area contributed by atoms with Gasteiger partial charge in [-0.15, -0.1) is 0 Å². The van der Waals surface area contributed by atoms with E-state index in [-0.39, 0.29) is 5.91 Å². The Morgan fingerprint density at radius 2 is 2.24 bits per heavy atom. The molecule has 2 heterocycles. The van der Waals surface area contributed by atoms with Crippen molar-refractivity contribution in [3.05, 3.63) is 17.5 Å². The maximum Gasteiger partial charge on any atom is 0.257 e. The van der Waals surface area contributed by atoms with Crippen molar-refractivity contribution < 1.29 is 4.79 Å². The fraction of sp³-hybridized carbons (Fsp3) is 0.667. The largest absolute Gasteiger partial charge is 0.337 e. The molecule has 1 aromatic rings. The first-order valence-electron chi connectivity index (χ1n) is 5.96. The average Bonchev–Trinajstić information content (AvgIpc) is 2.83. The van der Waals surface area contributed by atoms with Gasteiger partial charge in [0.05, 0.1) is 11.8 Å². The molecule has 5 nitrogen and oxygen atoms in total. The summed E-state index contributed by atoms with van der Waals surface area (Å²) < 4.78 is 0. The molecular weight excluding hydrogens is 216 g/mol. The summed E-state index contributed by atoms with van der Waals surface area (Å²) in [5.41, 5.74) is 1.53. The summed E-state index contributed by atoms with van der Waals surface area (Å²) in [6, 6.07) is 0.450. The van der Waals surface area contributed by atoms with Crippen LogP contribution in [0.4, 0.5) is 0 Å². The highest BCUT2D eigenvalue weighted by Gasteiger charge is 2.34. The molecule has 1 aliphatic heterocycles. The first-order valence-corrected chi connectivity index (χ1v) is 5.96. The molecule has 1 fully saturated rings. The summed E-state index contributed by atoms with van der Waals surface area (Å²) in [5.74, 6) is 0.605. The van der Waals surface area contributed by atoms with Crippen molar-refractivity contribution in [2.45, 2.75) is 19.9 Å². The van der Waals surface area contributed by atoms with Crippen molar-refractivity contribution >= 4 is 5.91 Å². The number of aromatic nitrogens is 2. The van der Waals surface area contributed by atoms with Crippen LogP contribution in [-0.2, 0) is 0 Å². The fourth-order valence-electron chi connectivity index (χ4n) is 2.52. The summed E-state index contributed by atoms with van der Waals surface area (Å²) in [6.07, 6.45) is 1.62. The number of H-pyrrole nitrogens is 1. The SMILES string of the molecule is Cc1[nH]ncc1C(=O)N1CC(C)C(N(C)C)C1. The third-order valence-electron chi connectivity index (χ3n) is 3.58. The highest BCUT2D eigenvalue weighted by atomic mass is 16.2. The highest BCUT2D eigenvalue weighted by molar-refractivity contribution is 5.95. The zero-order valence-electron chi connectivity index (χ0n) is 10.9. The summed E-state index contributed by atoms with van der Waals surface area (Å²) in [6.45, 7) is 5.70. The van der Waals surface area contributed by atoms with Gasteiger partial charge in [-0.3, -0.25) is 9.89 Å². The van der Waals surface area contributed by atoms with E-state index < -0.39 is 0 Å². The van der Waals surface area contributed by atoms with Crippen molar-refractivity contribution in [2.75, 3.05) is 27.2 Å². The molecule has 2 rings (SSSR count). The second kappa shape index (κ2) is 4.49. The van der Waals surface area contributed by atoms with Crippen molar-refractivity contribution in [1.29, 1.82) is 0 Å². The molecular formula is C12H20N4O. The van der Waals surface area contributed by atoms with Crippen LogP contribution in [0.25, 0.3) is 0 Å². The van der Waals surface area contributed by atoms with Gasteiger partial charge in [0, 0.05) is 24.8 Å². The van der Waals surface area contributed by atoms with E-state index in [0.717, 1.165) is 18.8 Å². The van der Waals surface area contributed by atoms with Gasteiger partial charge in [-0.1, -0.05) is 6.92 Å². The molecule has 1 aliphatic rings. The molecule has 0 bridgehead atoms. The Morgan fingerprint density at radius 3 is 2.71 bits per heavy atom. The predicted molar refractivity (Wildman–Crippen MR) is 65.9 cm³/mol. The number of hydrogen-bond donors (Lipinski definition) is 1. The number of carbonyl (C=O) groups excluding carboxylic acids is 1. The fourth-order valence-corrected chi connectivity index (χ4v) is 2.52. The zero-order valence-corrected chi connectivity index (χ0v) is 10.9. The van der Waals surface area contributed by atoms with Crippen molar-refractivity contribution in [2.24, 2.45) is 5.92 Å². The molecule has 0 saturated carbocycles. The van der Waals surface area contributed by atoms with Gasteiger partial charge in [0.1, 0.15) is 0 Å². The zero-order chi connectivity index (χ0) is 12.6. The third-order valence-corrected chi connectivity index (χ3v) is 3.58. The highest BCUT2D eigenvalue weighted by Crippen LogP contribution is 2.22. The van der Waals surface area contributed by atoms with E-state index in [0.29, 0.717) is 17.5 Å². The smallest absolute Gasteiger partial charge is 0.257 e. The normalized spacial score (nSPS) is 24.6. The molecule has 1 amide bonds. The summed E-state index contributed by atoms with van der Waals surface area (Å²) >= 11 is 0. The summed E-state index contributed by atoms with van der Waals surface area (Å²) in [5, 5.41) is 6.71. The van der Waals surface area contributed by atoms with Crippen LogP contribution in [0.15, 0.2) is 6.20 Å². The monoisotopic (exact) mass is 236 g/mol. The van der Waals surface area contributed by atoms with Crippen LogP contribution in [0.3, 0.4) is 0 Å². The molecule has 5 heteroatoms. The average molecular weight is 236 g/mol. The molecule has 0 radical (unpaired) electrons. The number of carbonyl (C=O) groups is 1. The number of likely N-dealkylation sites (tertiary alicyclic amines) is 1. The van der Waals surface area contributed by atoms with Crippen LogP contribution in [-0.4, -0.2) is 59.1 Å². The standard InChI is InChI=1S/C12H20N4O/c1-8-6-16(7-11(8)15(3)4)12(17)10-5-13-14-9(10)2/h5,8,11H,6-7H2,1-4H3,(H,13,14). The van der Waals surface area contributed by atoms with Crippen molar-refractivity contribution in [1.82, 2.24) is 20.0 Å². The molecule has 0 aromatic carbocycles. The van der Waals surface area contributed by atoms with Crippen LogP contribution >= 0.6 is 0 Å². The van der Waals surface area contributed by atoms with Gasteiger partial charge >= 0.3 is 0 Å². The minimum Gasteiger partial charge on any atom is -0.337 e. The second-order valence-electron chi connectivity index (χ2n) is 5.13. The Balaban J connectivity index is 2.11. The lowest BCUT2D eigenvalue weighted by Gasteiger charge is -2.22. The van der Waals surface area contributed by atoms with Crippen molar-refractivity contribution in [3.63, 3.8) is 0 Å². The molecule has 17 heavy (non-hydrogen) atoms. The minimum absolute atomic E-state index is 0.0902. The Morgan fingerprint density at radius 1 is 1.53 bits per heavy atom. The molecule has 94 valence electrons. The van der Waals surface area contributed by atoms with Gasteiger partial charge in [-0.05, 0) is 26.9 Å². The van der Waals surface area contributed by atoms with Gasteiger partial charge in [0.25, 0.3) is 5.91 Å². The Kier molecular flexibility index (Phi) is 3.19. The van der Waals surface area contributed by atoms with Gasteiger partial charge < -0.3 is 9.80 Å². The molecule has 1 N–H and O–H groups in total. The number of amides is 1. The first-order chi connectivity index (χ1) is 8.00. The second-order valence-corrected chi connectivity index (χ2v) is 5.13. The first kappa shape index (κ1) is 12.1. The van der Waals surface area contributed by atoms with Crippen LogP contribution in [0.5, 0.6) is 0 Å². The van der Waals surface area contributed by atoms with E-state index in [1.54, 1.807) is 6.20 Å². The number of aryl methyl sites for hydroxylation is 1.